The summed E-state index contributed by atoms with van der Waals surface area (Å²) in [6.07, 6.45) is 0. The van der Waals surface area contributed by atoms with E-state index in [9.17, 15) is 8.42 Å². The molecule has 1 rings (SSSR count). The molecular weight excluding hydrogens is 240 g/mol. The van der Waals surface area contributed by atoms with Crippen molar-refractivity contribution in [2.24, 2.45) is 0 Å². The highest BCUT2D eigenvalue weighted by molar-refractivity contribution is 7.86. The predicted octanol–water partition coefficient (Wildman–Crippen LogP) is 0.933. The second-order valence-corrected chi connectivity index (χ2v) is 6.15. The van der Waals surface area contributed by atoms with Crippen molar-refractivity contribution >= 4 is 10.2 Å². The maximum absolute atomic E-state index is 11.8. The first kappa shape index (κ1) is 14.0. The molecule has 0 saturated carbocycles. The van der Waals surface area contributed by atoms with Crippen molar-refractivity contribution in [3.05, 3.63) is 29.8 Å². The van der Waals surface area contributed by atoms with Gasteiger partial charge in [0.2, 0.25) is 0 Å². The first-order valence-electron chi connectivity index (χ1n) is 5.14. The van der Waals surface area contributed by atoms with Gasteiger partial charge in [0.15, 0.2) is 0 Å². The molecule has 17 heavy (non-hydrogen) atoms. The van der Waals surface area contributed by atoms with Gasteiger partial charge >= 0.3 is 0 Å². The molecule has 0 amide bonds. The van der Waals surface area contributed by atoms with E-state index in [0.29, 0.717) is 6.54 Å². The van der Waals surface area contributed by atoms with Gasteiger partial charge in [0, 0.05) is 27.7 Å². The van der Waals surface area contributed by atoms with Crippen molar-refractivity contribution in [3.8, 4) is 5.75 Å². The molecule has 0 aliphatic heterocycles. The number of rotatable bonds is 5. The molecule has 0 N–H and O–H groups in total. The molecule has 6 heteroatoms. The molecule has 0 aromatic heterocycles. The van der Waals surface area contributed by atoms with E-state index in [2.05, 4.69) is 0 Å². The zero-order valence-electron chi connectivity index (χ0n) is 10.5. The van der Waals surface area contributed by atoms with Gasteiger partial charge in [0.05, 0.1) is 7.11 Å². The quantitative estimate of drug-likeness (QED) is 0.789. The molecule has 0 unspecified atom stereocenters. The molecule has 0 atom stereocenters. The Labute approximate surface area is 103 Å². The minimum Gasteiger partial charge on any atom is -0.497 e. The topological polar surface area (TPSA) is 49.9 Å². The summed E-state index contributed by atoms with van der Waals surface area (Å²) < 4.78 is 31.2. The monoisotopic (exact) mass is 258 g/mol. The molecular formula is C11H18N2O3S. The molecule has 0 aliphatic carbocycles. The van der Waals surface area contributed by atoms with E-state index in [-0.39, 0.29) is 0 Å². The second kappa shape index (κ2) is 5.48. The average molecular weight is 258 g/mol. The molecule has 0 spiro atoms. The SMILES string of the molecule is COc1cccc(CN(C)S(=O)(=O)N(C)C)c1. The molecule has 0 bridgehead atoms. The molecule has 0 fully saturated rings. The summed E-state index contributed by atoms with van der Waals surface area (Å²) >= 11 is 0. The Morgan fingerprint density at radius 3 is 2.41 bits per heavy atom. The summed E-state index contributed by atoms with van der Waals surface area (Å²) in [7, 11) is 2.79. The third-order valence-corrected chi connectivity index (χ3v) is 4.23. The smallest absolute Gasteiger partial charge is 0.281 e. The number of hydrogen-bond acceptors (Lipinski definition) is 3. The Balaban J connectivity index is 2.84. The van der Waals surface area contributed by atoms with Crippen LogP contribution in [0.1, 0.15) is 5.56 Å². The van der Waals surface area contributed by atoms with E-state index in [0.717, 1.165) is 11.3 Å². The van der Waals surface area contributed by atoms with Crippen LogP contribution < -0.4 is 4.74 Å². The number of methoxy groups -OCH3 is 1. The first-order valence-corrected chi connectivity index (χ1v) is 6.54. The summed E-state index contributed by atoms with van der Waals surface area (Å²) in [4.78, 5) is 0. The van der Waals surface area contributed by atoms with Crippen molar-refractivity contribution in [2.75, 3.05) is 28.3 Å². The molecule has 0 radical (unpaired) electrons. The van der Waals surface area contributed by atoms with Crippen LogP contribution in [-0.4, -0.2) is 45.3 Å². The fourth-order valence-corrected chi connectivity index (χ4v) is 2.26. The van der Waals surface area contributed by atoms with E-state index in [1.54, 1.807) is 14.2 Å². The molecule has 1 aromatic carbocycles. The third-order valence-electron chi connectivity index (χ3n) is 2.39. The van der Waals surface area contributed by atoms with Crippen molar-refractivity contribution in [1.82, 2.24) is 8.61 Å². The van der Waals surface area contributed by atoms with E-state index >= 15 is 0 Å². The van der Waals surface area contributed by atoms with E-state index in [1.807, 2.05) is 24.3 Å². The third kappa shape index (κ3) is 3.42. The minimum absolute atomic E-state index is 0.317. The van der Waals surface area contributed by atoms with Crippen molar-refractivity contribution in [2.45, 2.75) is 6.54 Å². The van der Waals surface area contributed by atoms with Crippen LogP contribution in [0, 0.1) is 0 Å². The van der Waals surface area contributed by atoms with Crippen molar-refractivity contribution in [3.63, 3.8) is 0 Å². The number of nitrogens with zero attached hydrogens (tertiary/aromatic N) is 2. The fraction of sp³-hybridized carbons (Fsp3) is 0.455. The van der Waals surface area contributed by atoms with E-state index < -0.39 is 10.2 Å². The van der Waals surface area contributed by atoms with Gasteiger partial charge in [-0.1, -0.05) is 12.1 Å². The van der Waals surface area contributed by atoms with Crippen LogP contribution in [0.2, 0.25) is 0 Å². The lowest BCUT2D eigenvalue weighted by Crippen LogP contribution is -2.36. The van der Waals surface area contributed by atoms with Crippen LogP contribution in [0.4, 0.5) is 0 Å². The van der Waals surface area contributed by atoms with Gasteiger partial charge in [-0.15, -0.1) is 0 Å². The van der Waals surface area contributed by atoms with E-state index in [4.69, 9.17) is 4.74 Å². The van der Waals surface area contributed by atoms with Crippen molar-refractivity contribution in [1.29, 1.82) is 0 Å². The van der Waals surface area contributed by atoms with Gasteiger partial charge in [-0.2, -0.15) is 17.0 Å². The Bertz CT molecular complexity index is 471. The average Bonchev–Trinajstić information content (AvgIpc) is 2.29. The van der Waals surface area contributed by atoms with Gasteiger partial charge < -0.3 is 4.74 Å². The molecule has 1 aromatic rings. The highest BCUT2D eigenvalue weighted by atomic mass is 32.2. The molecule has 5 nitrogen and oxygen atoms in total. The lowest BCUT2D eigenvalue weighted by molar-refractivity contribution is 0.405. The highest BCUT2D eigenvalue weighted by Gasteiger charge is 2.20. The highest BCUT2D eigenvalue weighted by Crippen LogP contribution is 2.15. The molecule has 0 heterocycles. The van der Waals surface area contributed by atoms with Crippen LogP contribution in [0.5, 0.6) is 5.75 Å². The molecule has 0 aliphatic rings. The van der Waals surface area contributed by atoms with Gasteiger partial charge in [-0.3, -0.25) is 0 Å². The minimum atomic E-state index is -3.37. The Hall–Kier alpha value is -1.11. The zero-order valence-corrected chi connectivity index (χ0v) is 11.4. The molecule has 0 saturated heterocycles. The Kier molecular flexibility index (Phi) is 4.50. The lowest BCUT2D eigenvalue weighted by Gasteiger charge is -2.21. The summed E-state index contributed by atoms with van der Waals surface area (Å²) in [5, 5.41) is 0. The van der Waals surface area contributed by atoms with Crippen LogP contribution >= 0.6 is 0 Å². The maximum atomic E-state index is 11.8. The summed E-state index contributed by atoms with van der Waals surface area (Å²) in [5.74, 6) is 0.721. The molecule has 96 valence electrons. The maximum Gasteiger partial charge on any atom is 0.281 e. The normalized spacial score (nSPS) is 12.1. The zero-order chi connectivity index (χ0) is 13.1. The summed E-state index contributed by atoms with van der Waals surface area (Å²) in [6, 6.07) is 7.35. The second-order valence-electron chi connectivity index (χ2n) is 3.90. The standard InChI is InChI=1S/C11H18N2O3S/c1-12(2)17(14,15)13(3)9-10-6-5-7-11(8-10)16-4/h5-8H,9H2,1-4H3. The Morgan fingerprint density at radius 2 is 1.88 bits per heavy atom. The van der Waals surface area contributed by atoms with Crippen LogP contribution in [0.15, 0.2) is 24.3 Å². The van der Waals surface area contributed by atoms with Gasteiger partial charge in [-0.25, -0.2) is 0 Å². The van der Waals surface area contributed by atoms with Gasteiger partial charge in [0.25, 0.3) is 10.2 Å². The van der Waals surface area contributed by atoms with Gasteiger partial charge in [-0.05, 0) is 17.7 Å². The predicted molar refractivity (Wildman–Crippen MR) is 67.1 cm³/mol. The summed E-state index contributed by atoms with van der Waals surface area (Å²) in [5.41, 5.74) is 0.886. The van der Waals surface area contributed by atoms with Gasteiger partial charge in [0.1, 0.15) is 5.75 Å². The number of ether oxygens (including phenoxy) is 1. The largest absolute Gasteiger partial charge is 0.497 e. The summed E-state index contributed by atoms with van der Waals surface area (Å²) in [6.45, 7) is 0.317. The first-order chi connectivity index (χ1) is 7.87. The van der Waals surface area contributed by atoms with Crippen LogP contribution in [0.25, 0.3) is 0 Å². The van der Waals surface area contributed by atoms with Crippen LogP contribution in [0.3, 0.4) is 0 Å². The number of hydrogen-bond donors (Lipinski definition) is 0. The van der Waals surface area contributed by atoms with E-state index in [1.165, 1.54) is 22.7 Å². The van der Waals surface area contributed by atoms with Crippen molar-refractivity contribution < 1.29 is 13.2 Å². The Morgan fingerprint density at radius 1 is 1.24 bits per heavy atom. The van der Waals surface area contributed by atoms with Crippen LogP contribution in [-0.2, 0) is 16.8 Å². The number of benzene rings is 1. The lowest BCUT2D eigenvalue weighted by atomic mass is 10.2. The fourth-order valence-electron chi connectivity index (χ4n) is 1.39.